The van der Waals surface area contributed by atoms with Crippen molar-refractivity contribution in [2.75, 3.05) is 18.5 Å². The second-order valence-electron chi connectivity index (χ2n) is 8.05. The quantitative estimate of drug-likeness (QED) is 0.845. The topological polar surface area (TPSA) is 70.8 Å². The molecule has 0 aliphatic heterocycles. The van der Waals surface area contributed by atoms with Gasteiger partial charge in [-0.25, -0.2) is 9.97 Å². The molecule has 4 rings (SSSR count). The lowest BCUT2D eigenvalue weighted by Gasteiger charge is -2.32. The number of aryl methyl sites for hydroxylation is 1. The summed E-state index contributed by atoms with van der Waals surface area (Å²) in [4.78, 5) is 14.4. The van der Waals surface area contributed by atoms with E-state index in [-0.39, 0.29) is 0 Å². The van der Waals surface area contributed by atoms with Crippen molar-refractivity contribution in [2.45, 2.75) is 77.2 Å². The van der Waals surface area contributed by atoms with Gasteiger partial charge in [-0.15, -0.1) is 0 Å². The molecule has 144 valence electrons. The number of hydrogen-bond acceptors (Lipinski definition) is 4. The Bertz CT molecular complexity index is 668. The fourth-order valence-electron chi connectivity index (χ4n) is 4.40. The summed E-state index contributed by atoms with van der Waals surface area (Å²) in [5.74, 6) is 1.93. The summed E-state index contributed by atoms with van der Waals surface area (Å²) < 4.78 is 0. The molecule has 3 N–H and O–H groups in total. The Labute approximate surface area is 157 Å². The third kappa shape index (κ3) is 4.76. The molecule has 2 fully saturated rings. The molecule has 0 saturated heterocycles. The molecule has 2 heterocycles. The maximum absolute atomic E-state index is 5.50. The Morgan fingerprint density at radius 3 is 2.31 bits per heavy atom. The lowest BCUT2D eigenvalue weighted by Crippen LogP contribution is -2.34. The van der Waals surface area contributed by atoms with Crippen LogP contribution in [0.25, 0.3) is 11.0 Å². The standard InChI is InChI=1S/C14H20N4.C7H15N/c1-10-8-12-13(17-10)15-9-16-14(12)18(2)11-6-4-3-5-7-11;8-6-7-4-2-1-3-5-7/h8-9,11H,3-7H2,1-2H3,(H,15,16,17);7H,1-6,8H2. The Morgan fingerprint density at radius 1 is 1.04 bits per heavy atom. The maximum atomic E-state index is 5.50. The van der Waals surface area contributed by atoms with Crippen molar-refractivity contribution in [1.29, 1.82) is 0 Å². The molecule has 2 aliphatic carbocycles. The van der Waals surface area contributed by atoms with Crippen LogP contribution in [0.3, 0.4) is 0 Å². The lowest BCUT2D eigenvalue weighted by molar-refractivity contribution is 0.366. The molecule has 0 aromatic carbocycles. The van der Waals surface area contributed by atoms with Gasteiger partial charge in [0, 0.05) is 18.8 Å². The lowest BCUT2D eigenvalue weighted by atomic mass is 9.90. The summed E-state index contributed by atoms with van der Waals surface area (Å²) in [7, 11) is 2.17. The molecule has 2 aromatic rings. The molecule has 26 heavy (non-hydrogen) atoms. The van der Waals surface area contributed by atoms with E-state index in [2.05, 4.69) is 39.9 Å². The van der Waals surface area contributed by atoms with Gasteiger partial charge in [0.15, 0.2) is 0 Å². The van der Waals surface area contributed by atoms with Crippen LogP contribution in [0.5, 0.6) is 0 Å². The minimum absolute atomic E-state index is 0.632. The van der Waals surface area contributed by atoms with E-state index >= 15 is 0 Å². The van der Waals surface area contributed by atoms with Crippen molar-refractivity contribution in [3.8, 4) is 0 Å². The summed E-state index contributed by atoms with van der Waals surface area (Å²) in [6.07, 6.45) is 15.3. The molecule has 5 nitrogen and oxygen atoms in total. The van der Waals surface area contributed by atoms with Crippen LogP contribution >= 0.6 is 0 Å². The van der Waals surface area contributed by atoms with Crippen molar-refractivity contribution < 1.29 is 0 Å². The Kier molecular flexibility index (Phi) is 6.89. The van der Waals surface area contributed by atoms with Crippen LogP contribution in [-0.4, -0.2) is 34.6 Å². The van der Waals surface area contributed by atoms with Gasteiger partial charge in [-0.2, -0.15) is 0 Å². The predicted octanol–water partition coefficient (Wildman–Crippen LogP) is 4.56. The Balaban J connectivity index is 0.000000206. The highest BCUT2D eigenvalue weighted by molar-refractivity contribution is 5.88. The van der Waals surface area contributed by atoms with E-state index in [1.165, 1.54) is 64.2 Å². The zero-order chi connectivity index (χ0) is 18.4. The zero-order valence-electron chi connectivity index (χ0n) is 16.5. The van der Waals surface area contributed by atoms with Crippen molar-refractivity contribution in [1.82, 2.24) is 15.0 Å². The van der Waals surface area contributed by atoms with E-state index in [0.29, 0.717) is 6.04 Å². The van der Waals surface area contributed by atoms with E-state index in [1.807, 2.05) is 0 Å². The fraction of sp³-hybridized carbons (Fsp3) is 0.714. The first kappa shape index (κ1) is 19.2. The molecule has 2 aliphatic rings. The van der Waals surface area contributed by atoms with Crippen molar-refractivity contribution >= 4 is 16.9 Å². The van der Waals surface area contributed by atoms with Gasteiger partial charge in [0.2, 0.25) is 0 Å². The second kappa shape index (κ2) is 9.36. The summed E-state index contributed by atoms with van der Waals surface area (Å²) in [5.41, 5.74) is 7.59. The van der Waals surface area contributed by atoms with Crippen molar-refractivity contribution in [2.24, 2.45) is 11.7 Å². The number of H-pyrrole nitrogens is 1. The average molecular weight is 358 g/mol. The molecule has 0 atom stereocenters. The number of aromatic amines is 1. The van der Waals surface area contributed by atoms with Gasteiger partial charge in [0.1, 0.15) is 17.8 Å². The number of aromatic nitrogens is 3. The van der Waals surface area contributed by atoms with Crippen LogP contribution in [0.4, 0.5) is 5.82 Å². The number of hydrogen-bond donors (Lipinski definition) is 2. The second-order valence-corrected chi connectivity index (χ2v) is 8.05. The van der Waals surface area contributed by atoms with Gasteiger partial charge in [-0.3, -0.25) is 0 Å². The number of fused-ring (bicyclic) bond motifs is 1. The van der Waals surface area contributed by atoms with Crippen LogP contribution in [0.2, 0.25) is 0 Å². The highest BCUT2D eigenvalue weighted by Crippen LogP contribution is 2.29. The Morgan fingerprint density at radius 2 is 1.69 bits per heavy atom. The van der Waals surface area contributed by atoms with E-state index < -0.39 is 0 Å². The summed E-state index contributed by atoms with van der Waals surface area (Å²) in [6.45, 7) is 2.98. The largest absolute Gasteiger partial charge is 0.356 e. The molecular formula is C21H35N5. The number of nitrogens with zero attached hydrogens (tertiary/aromatic N) is 3. The van der Waals surface area contributed by atoms with Crippen LogP contribution in [-0.2, 0) is 0 Å². The molecule has 0 unspecified atom stereocenters. The van der Waals surface area contributed by atoms with Crippen LogP contribution in [0, 0.1) is 12.8 Å². The highest BCUT2D eigenvalue weighted by atomic mass is 15.2. The number of nitrogens with one attached hydrogen (secondary N) is 1. The number of nitrogens with two attached hydrogens (primary N) is 1. The first-order valence-corrected chi connectivity index (χ1v) is 10.4. The van der Waals surface area contributed by atoms with Gasteiger partial charge in [0.25, 0.3) is 0 Å². The fourth-order valence-corrected chi connectivity index (χ4v) is 4.40. The summed E-state index contributed by atoms with van der Waals surface area (Å²) in [6, 6.07) is 2.77. The summed E-state index contributed by atoms with van der Waals surface area (Å²) >= 11 is 0. The predicted molar refractivity (Wildman–Crippen MR) is 110 cm³/mol. The first-order valence-electron chi connectivity index (χ1n) is 10.4. The SMILES string of the molecule is Cc1cc2c(N(C)C3CCCCC3)ncnc2[nH]1.NCC1CCCCC1. The van der Waals surface area contributed by atoms with Crippen LogP contribution in [0.15, 0.2) is 12.4 Å². The van der Waals surface area contributed by atoms with Crippen LogP contribution in [0.1, 0.15) is 69.9 Å². The number of rotatable bonds is 3. The minimum atomic E-state index is 0.632. The van der Waals surface area contributed by atoms with Gasteiger partial charge < -0.3 is 15.6 Å². The molecule has 2 saturated carbocycles. The average Bonchev–Trinajstić information content (AvgIpc) is 3.09. The molecule has 0 radical (unpaired) electrons. The van der Waals surface area contributed by atoms with Crippen molar-refractivity contribution in [3.05, 3.63) is 18.1 Å². The van der Waals surface area contributed by atoms with E-state index in [1.54, 1.807) is 6.33 Å². The molecule has 2 aromatic heterocycles. The smallest absolute Gasteiger partial charge is 0.143 e. The van der Waals surface area contributed by atoms with Crippen LogP contribution < -0.4 is 10.6 Å². The molecule has 0 amide bonds. The highest BCUT2D eigenvalue weighted by Gasteiger charge is 2.21. The van der Waals surface area contributed by atoms with E-state index in [0.717, 1.165) is 35.0 Å². The molecule has 0 spiro atoms. The molecule has 0 bridgehead atoms. The Hall–Kier alpha value is -1.62. The summed E-state index contributed by atoms with van der Waals surface area (Å²) in [5, 5.41) is 1.14. The normalized spacial score (nSPS) is 19.2. The number of anilines is 1. The van der Waals surface area contributed by atoms with Gasteiger partial charge >= 0.3 is 0 Å². The third-order valence-electron chi connectivity index (χ3n) is 6.05. The van der Waals surface area contributed by atoms with Gasteiger partial charge in [0.05, 0.1) is 5.39 Å². The zero-order valence-corrected chi connectivity index (χ0v) is 16.5. The minimum Gasteiger partial charge on any atom is -0.356 e. The maximum Gasteiger partial charge on any atom is 0.143 e. The first-order chi connectivity index (χ1) is 12.7. The van der Waals surface area contributed by atoms with Gasteiger partial charge in [-0.1, -0.05) is 38.5 Å². The van der Waals surface area contributed by atoms with E-state index in [9.17, 15) is 0 Å². The molecular weight excluding hydrogens is 322 g/mol. The van der Waals surface area contributed by atoms with Gasteiger partial charge in [-0.05, 0) is 51.1 Å². The van der Waals surface area contributed by atoms with Crippen molar-refractivity contribution in [3.63, 3.8) is 0 Å². The third-order valence-corrected chi connectivity index (χ3v) is 6.05. The monoisotopic (exact) mass is 357 g/mol. The molecule has 5 heteroatoms. The van der Waals surface area contributed by atoms with E-state index in [4.69, 9.17) is 5.73 Å².